The average Bonchev–Trinajstić information content (AvgIpc) is 2.50. The molecule has 0 heterocycles. The predicted molar refractivity (Wildman–Crippen MR) is 88.4 cm³/mol. The Hall–Kier alpha value is -2.28. The van der Waals surface area contributed by atoms with E-state index >= 15 is 0 Å². The fraction of sp³-hybridized carbons (Fsp3) is 0.235. The molecule has 2 aromatic carbocycles. The number of carbonyl (C=O) groups is 1. The summed E-state index contributed by atoms with van der Waals surface area (Å²) >= 11 is 0. The summed E-state index contributed by atoms with van der Waals surface area (Å²) in [6.45, 7) is 0. The van der Waals surface area contributed by atoms with Crippen molar-refractivity contribution in [3.8, 4) is 0 Å². The van der Waals surface area contributed by atoms with Crippen LogP contribution in [0.3, 0.4) is 0 Å². The SMILES string of the molecule is O=C(CS(=O)(=O)CCCc1ccccc1)Nc1ccc(F)cc1F. The summed E-state index contributed by atoms with van der Waals surface area (Å²) in [6.07, 6.45) is 0.985. The molecule has 128 valence electrons. The van der Waals surface area contributed by atoms with Gasteiger partial charge >= 0.3 is 0 Å². The van der Waals surface area contributed by atoms with Crippen LogP contribution in [0.1, 0.15) is 12.0 Å². The van der Waals surface area contributed by atoms with Gasteiger partial charge in [0, 0.05) is 6.07 Å². The molecule has 0 spiro atoms. The molecule has 0 aromatic heterocycles. The van der Waals surface area contributed by atoms with Crippen molar-refractivity contribution >= 4 is 21.4 Å². The van der Waals surface area contributed by atoms with Crippen LogP contribution in [-0.2, 0) is 21.1 Å². The third-order valence-corrected chi connectivity index (χ3v) is 4.93. The zero-order valence-corrected chi connectivity index (χ0v) is 13.7. The molecule has 2 rings (SSSR count). The number of halogens is 2. The first-order valence-electron chi connectivity index (χ1n) is 7.35. The van der Waals surface area contributed by atoms with Gasteiger partial charge in [0.05, 0.1) is 11.4 Å². The number of aryl methyl sites for hydroxylation is 1. The first-order valence-corrected chi connectivity index (χ1v) is 9.17. The maximum absolute atomic E-state index is 13.4. The molecule has 0 unspecified atom stereocenters. The van der Waals surface area contributed by atoms with Crippen LogP contribution >= 0.6 is 0 Å². The fourth-order valence-electron chi connectivity index (χ4n) is 2.19. The summed E-state index contributed by atoms with van der Waals surface area (Å²) < 4.78 is 50.1. The van der Waals surface area contributed by atoms with Crippen molar-refractivity contribution in [1.82, 2.24) is 0 Å². The van der Waals surface area contributed by atoms with E-state index in [9.17, 15) is 22.0 Å². The van der Waals surface area contributed by atoms with Gasteiger partial charge in [-0.25, -0.2) is 17.2 Å². The van der Waals surface area contributed by atoms with E-state index in [1.807, 2.05) is 30.3 Å². The molecule has 0 aliphatic rings. The van der Waals surface area contributed by atoms with E-state index in [1.165, 1.54) is 0 Å². The van der Waals surface area contributed by atoms with Crippen molar-refractivity contribution in [2.75, 3.05) is 16.8 Å². The number of hydrogen-bond acceptors (Lipinski definition) is 3. The lowest BCUT2D eigenvalue weighted by atomic mass is 10.1. The van der Waals surface area contributed by atoms with Crippen molar-refractivity contribution in [1.29, 1.82) is 0 Å². The van der Waals surface area contributed by atoms with Gasteiger partial charge in [-0.2, -0.15) is 0 Å². The van der Waals surface area contributed by atoms with E-state index in [0.29, 0.717) is 18.9 Å². The van der Waals surface area contributed by atoms with Crippen LogP contribution < -0.4 is 5.32 Å². The lowest BCUT2D eigenvalue weighted by Gasteiger charge is -2.07. The van der Waals surface area contributed by atoms with Crippen LogP contribution in [0, 0.1) is 11.6 Å². The first kappa shape index (κ1) is 18.1. The number of carbonyl (C=O) groups excluding carboxylic acids is 1. The van der Waals surface area contributed by atoms with E-state index in [4.69, 9.17) is 0 Å². The number of hydrogen-bond donors (Lipinski definition) is 1. The minimum atomic E-state index is -3.60. The smallest absolute Gasteiger partial charge is 0.239 e. The van der Waals surface area contributed by atoms with E-state index in [-0.39, 0.29) is 11.4 Å². The summed E-state index contributed by atoms with van der Waals surface area (Å²) in [4.78, 5) is 11.7. The number of benzene rings is 2. The standard InChI is InChI=1S/C17H17F2NO3S/c18-14-8-9-16(15(19)11-14)20-17(21)12-24(22,23)10-4-7-13-5-2-1-3-6-13/h1-3,5-6,8-9,11H,4,7,10,12H2,(H,20,21). The van der Waals surface area contributed by atoms with Crippen molar-refractivity contribution in [2.24, 2.45) is 0 Å². The fourth-order valence-corrected chi connectivity index (χ4v) is 3.39. The zero-order chi connectivity index (χ0) is 17.6. The van der Waals surface area contributed by atoms with E-state index < -0.39 is 33.1 Å². The molecule has 0 radical (unpaired) electrons. The topological polar surface area (TPSA) is 63.2 Å². The molecule has 4 nitrogen and oxygen atoms in total. The van der Waals surface area contributed by atoms with E-state index in [1.54, 1.807) is 0 Å². The summed E-state index contributed by atoms with van der Waals surface area (Å²) in [5.74, 6) is -3.45. The molecular formula is C17H17F2NO3S. The van der Waals surface area contributed by atoms with Gasteiger partial charge in [-0.1, -0.05) is 30.3 Å². The third-order valence-electron chi connectivity index (χ3n) is 3.32. The highest BCUT2D eigenvalue weighted by molar-refractivity contribution is 7.92. The molecule has 0 aliphatic carbocycles. The average molecular weight is 353 g/mol. The monoisotopic (exact) mass is 353 g/mol. The van der Waals surface area contributed by atoms with Gasteiger partial charge in [0.15, 0.2) is 9.84 Å². The third kappa shape index (κ3) is 5.73. The highest BCUT2D eigenvalue weighted by atomic mass is 32.2. The number of anilines is 1. The number of nitrogens with one attached hydrogen (secondary N) is 1. The molecule has 0 bridgehead atoms. The second-order valence-electron chi connectivity index (χ2n) is 5.35. The lowest BCUT2D eigenvalue weighted by molar-refractivity contribution is -0.113. The highest BCUT2D eigenvalue weighted by Crippen LogP contribution is 2.15. The largest absolute Gasteiger partial charge is 0.323 e. The Morgan fingerprint density at radius 2 is 1.75 bits per heavy atom. The second-order valence-corrected chi connectivity index (χ2v) is 7.54. The second kappa shape index (κ2) is 8.01. The van der Waals surface area contributed by atoms with E-state index in [2.05, 4.69) is 5.32 Å². The van der Waals surface area contributed by atoms with Crippen molar-refractivity contribution in [3.63, 3.8) is 0 Å². The first-order chi connectivity index (χ1) is 11.4. The van der Waals surface area contributed by atoms with Crippen LogP contribution in [0.15, 0.2) is 48.5 Å². The number of sulfone groups is 1. The van der Waals surface area contributed by atoms with Crippen LogP contribution in [0.4, 0.5) is 14.5 Å². The maximum atomic E-state index is 13.4. The zero-order valence-electron chi connectivity index (χ0n) is 12.8. The molecule has 1 amide bonds. The summed E-state index contributed by atoms with van der Waals surface area (Å²) in [6, 6.07) is 12.1. The van der Waals surface area contributed by atoms with Gasteiger partial charge in [0.1, 0.15) is 17.4 Å². The molecule has 1 N–H and O–H groups in total. The molecule has 0 atom stereocenters. The van der Waals surface area contributed by atoms with Gasteiger partial charge in [0.2, 0.25) is 5.91 Å². The van der Waals surface area contributed by atoms with Gasteiger partial charge in [0.25, 0.3) is 0 Å². The maximum Gasteiger partial charge on any atom is 0.239 e. The summed E-state index contributed by atoms with van der Waals surface area (Å²) in [7, 11) is -3.60. The summed E-state index contributed by atoms with van der Waals surface area (Å²) in [5, 5.41) is 2.14. The highest BCUT2D eigenvalue weighted by Gasteiger charge is 2.17. The van der Waals surface area contributed by atoms with Crippen LogP contribution in [0.2, 0.25) is 0 Å². The Labute approximate surface area is 139 Å². The molecular weight excluding hydrogens is 336 g/mol. The predicted octanol–water partition coefficient (Wildman–Crippen LogP) is 2.95. The van der Waals surface area contributed by atoms with Gasteiger partial charge in [-0.05, 0) is 30.5 Å². The summed E-state index contributed by atoms with van der Waals surface area (Å²) in [5.41, 5.74) is 0.770. The molecule has 2 aromatic rings. The normalized spacial score (nSPS) is 11.2. The minimum absolute atomic E-state index is 0.138. The van der Waals surface area contributed by atoms with Crippen molar-refractivity contribution in [2.45, 2.75) is 12.8 Å². The van der Waals surface area contributed by atoms with Crippen LogP contribution in [0.5, 0.6) is 0 Å². The number of amides is 1. The minimum Gasteiger partial charge on any atom is -0.323 e. The molecule has 0 saturated carbocycles. The molecule has 0 saturated heterocycles. The Morgan fingerprint density at radius 3 is 2.42 bits per heavy atom. The Balaban J connectivity index is 1.85. The van der Waals surface area contributed by atoms with Gasteiger partial charge in [-0.3, -0.25) is 4.79 Å². The van der Waals surface area contributed by atoms with E-state index in [0.717, 1.165) is 17.7 Å². The number of rotatable bonds is 7. The molecule has 24 heavy (non-hydrogen) atoms. The van der Waals surface area contributed by atoms with Crippen molar-refractivity contribution in [3.05, 3.63) is 65.7 Å². The quantitative estimate of drug-likeness (QED) is 0.832. The lowest BCUT2D eigenvalue weighted by Crippen LogP contribution is -2.25. The Kier molecular flexibility index (Phi) is 6.03. The van der Waals surface area contributed by atoms with Gasteiger partial charge < -0.3 is 5.32 Å². The van der Waals surface area contributed by atoms with Crippen LogP contribution in [0.25, 0.3) is 0 Å². The molecule has 7 heteroatoms. The molecule has 0 fully saturated rings. The van der Waals surface area contributed by atoms with Crippen LogP contribution in [-0.4, -0.2) is 25.8 Å². The molecule has 0 aliphatic heterocycles. The van der Waals surface area contributed by atoms with Gasteiger partial charge in [-0.15, -0.1) is 0 Å². The van der Waals surface area contributed by atoms with Crippen molar-refractivity contribution < 1.29 is 22.0 Å². The Morgan fingerprint density at radius 1 is 1.04 bits per heavy atom. The Bertz CT molecular complexity index is 808.